The molecule has 31 heavy (non-hydrogen) atoms. The summed E-state index contributed by atoms with van der Waals surface area (Å²) in [6, 6.07) is 7.11. The van der Waals surface area contributed by atoms with Gasteiger partial charge in [-0.1, -0.05) is 26.0 Å². The number of anilines is 1. The molecule has 0 spiro atoms. The third kappa shape index (κ3) is 4.49. The average molecular weight is 441 g/mol. The number of amides is 1. The van der Waals surface area contributed by atoms with Crippen LogP contribution in [0.3, 0.4) is 0 Å². The summed E-state index contributed by atoms with van der Waals surface area (Å²) in [6.45, 7) is 9.13. The van der Waals surface area contributed by atoms with Gasteiger partial charge in [0.1, 0.15) is 12.3 Å². The molecule has 0 unspecified atom stereocenters. The molecule has 7 nitrogen and oxygen atoms in total. The Morgan fingerprint density at radius 3 is 2.71 bits per heavy atom. The summed E-state index contributed by atoms with van der Waals surface area (Å²) in [5, 5.41) is 11.7. The lowest BCUT2D eigenvalue weighted by Crippen LogP contribution is -2.31. The van der Waals surface area contributed by atoms with Crippen molar-refractivity contribution in [1.82, 2.24) is 15.0 Å². The third-order valence-electron chi connectivity index (χ3n) is 5.91. The summed E-state index contributed by atoms with van der Waals surface area (Å²) in [7, 11) is 0. The fraction of sp³-hybridized carbons (Fsp3) is 0.478. The smallest absolute Gasteiger partial charge is 0.279 e. The molecule has 2 heterocycles. The topological polar surface area (TPSA) is 86.1 Å². The Labute approximate surface area is 185 Å². The number of carbonyl (C=O) groups is 1. The molecule has 8 heteroatoms. The Hall–Kier alpha value is -2.74. The molecule has 0 saturated heterocycles. The van der Waals surface area contributed by atoms with E-state index in [4.69, 9.17) is 4.74 Å². The van der Waals surface area contributed by atoms with Gasteiger partial charge < -0.3 is 10.1 Å². The minimum absolute atomic E-state index is 0.176. The standard InChI is InChI=1S/C23H28N4O3S/c1-5-30-16-9-7-15(8-10-16)24-19(28)13-27-22(29)20-17-11-6-14(23(2,3)4)12-18(17)31-21(20)25-26-27/h7-10,14H,5-6,11-13H2,1-4H3,(H,24,28)/t14-/m1/s1. The summed E-state index contributed by atoms with van der Waals surface area (Å²) >= 11 is 1.57. The number of nitrogens with one attached hydrogen (secondary N) is 1. The first-order chi connectivity index (χ1) is 14.8. The van der Waals surface area contributed by atoms with Crippen LogP contribution in [0.15, 0.2) is 29.1 Å². The largest absolute Gasteiger partial charge is 0.494 e. The van der Waals surface area contributed by atoms with Gasteiger partial charge >= 0.3 is 0 Å². The Morgan fingerprint density at radius 2 is 2.03 bits per heavy atom. The highest BCUT2D eigenvalue weighted by Gasteiger charge is 2.32. The molecule has 1 aliphatic carbocycles. The van der Waals surface area contributed by atoms with Gasteiger partial charge in [-0.3, -0.25) is 9.59 Å². The lowest BCUT2D eigenvalue weighted by molar-refractivity contribution is -0.117. The molecule has 0 radical (unpaired) electrons. The van der Waals surface area contributed by atoms with Crippen LogP contribution in [0.25, 0.3) is 10.2 Å². The normalized spacial score (nSPS) is 16.2. The summed E-state index contributed by atoms with van der Waals surface area (Å²) in [5.74, 6) is 1.00. The number of ether oxygens (including phenoxy) is 1. The summed E-state index contributed by atoms with van der Waals surface area (Å²) < 4.78 is 6.57. The van der Waals surface area contributed by atoms with Gasteiger partial charge in [-0.25, -0.2) is 4.68 Å². The molecule has 4 rings (SSSR count). The number of benzene rings is 1. The van der Waals surface area contributed by atoms with Crippen molar-refractivity contribution in [2.45, 2.75) is 53.5 Å². The lowest BCUT2D eigenvalue weighted by Gasteiger charge is -2.33. The highest BCUT2D eigenvalue weighted by molar-refractivity contribution is 7.18. The molecular formula is C23H28N4O3S. The maximum Gasteiger partial charge on any atom is 0.279 e. The molecule has 2 aromatic heterocycles. The van der Waals surface area contributed by atoms with E-state index in [1.807, 2.05) is 6.92 Å². The van der Waals surface area contributed by atoms with Crippen molar-refractivity contribution in [3.63, 3.8) is 0 Å². The van der Waals surface area contributed by atoms with Crippen molar-refractivity contribution in [2.75, 3.05) is 11.9 Å². The number of nitrogens with zero attached hydrogens (tertiary/aromatic N) is 3. The number of thiophene rings is 1. The summed E-state index contributed by atoms with van der Waals surface area (Å²) in [5.41, 5.74) is 1.73. The SMILES string of the molecule is CCOc1ccc(NC(=O)Cn2nnc3sc4c(c3c2=O)CC[C@@H](C(C)(C)C)C4)cc1. The van der Waals surface area contributed by atoms with Gasteiger partial charge in [-0.05, 0) is 67.3 Å². The van der Waals surface area contributed by atoms with Crippen LogP contribution in [0.1, 0.15) is 44.6 Å². The van der Waals surface area contributed by atoms with E-state index in [0.717, 1.165) is 35.3 Å². The Bertz CT molecular complexity index is 1160. The first-order valence-corrected chi connectivity index (χ1v) is 11.5. The second kappa shape index (κ2) is 8.42. The summed E-state index contributed by atoms with van der Waals surface area (Å²) in [6.07, 6.45) is 2.90. The first kappa shape index (κ1) is 21.5. The van der Waals surface area contributed by atoms with Gasteiger partial charge in [-0.15, -0.1) is 16.4 Å². The highest BCUT2D eigenvalue weighted by Crippen LogP contribution is 2.41. The van der Waals surface area contributed by atoms with Crippen LogP contribution in [0.4, 0.5) is 5.69 Å². The van der Waals surface area contributed by atoms with Crippen LogP contribution in [-0.2, 0) is 24.2 Å². The molecule has 1 amide bonds. The first-order valence-electron chi connectivity index (χ1n) is 10.7. The van der Waals surface area contributed by atoms with Crippen molar-refractivity contribution < 1.29 is 9.53 Å². The van der Waals surface area contributed by atoms with Crippen molar-refractivity contribution in [1.29, 1.82) is 0 Å². The zero-order valence-corrected chi connectivity index (χ0v) is 19.2. The van der Waals surface area contributed by atoms with Crippen LogP contribution in [-0.4, -0.2) is 27.5 Å². The molecule has 0 bridgehead atoms. The molecule has 0 aliphatic heterocycles. The summed E-state index contributed by atoms with van der Waals surface area (Å²) in [4.78, 5) is 27.5. The number of carbonyl (C=O) groups excluding carboxylic acids is 1. The van der Waals surface area contributed by atoms with Crippen molar-refractivity contribution in [3.8, 4) is 5.75 Å². The molecule has 1 N–H and O–H groups in total. The number of aromatic nitrogens is 3. The number of rotatable bonds is 5. The maximum absolute atomic E-state index is 13.1. The van der Waals surface area contributed by atoms with Crippen LogP contribution in [0, 0.1) is 11.3 Å². The minimum Gasteiger partial charge on any atom is -0.494 e. The fourth-order valence-electron chi connectivity index (χ4n) is 4.11. The fourth-order valence-corrected chi connectivity index (χ4v) is 5.34. The zero-order chi connectivity index (χ0) is 22.2. The van der Waals surface area contributed by atoms with E-state index < -0.39 is 0 Å². The Balaban J connectivity index is 1.53. The van der Waals surface area contributed by atoms with Crippen LogP contribution < -0.4 is 15.6 Å². The number of aryl methyl sites for hydroxylation is 1. The average Bonchev–Trinajstić information content (AvgIpc) is 3.09. The molecule has 3 aromatic rings. The van der Waals surface area contributed by atoms with E-state index >= 15 is 0 Å². The number of hydrogen-bond acceptors (Lipinski definition) is 6. The zero-order valence-electron chi connectivity index (χ0n) is 18.4. The highest BCUT2D eigenvalue weighted by atomic mass is 32.1. The molecule has 1 atom stereocenters. The quantitative estimate of drug-likeness (QED) is 0.647. The van der Waals surface area contributed by atoms with Crippen molar-refractivity contribution in [2.24, 2.45) is 11.3 Å². The van der Waals surface area contributed by atoms with Crippen molar-refractivity contribution >= 4 is 33.1 Å². The molecule has 0 saturated carbocycles. The Morgan fingerprint density at radius 1 is 1.29 bits per heavy atom. The van der Waals surface area contributed by atoms with Crippen molar-refractivity contribution in [3.05, 3.63) is 45.1 Å². The van der Waals surface area contributed by atoms with E-state index in [0.29, 0.717) is 28.4 Å². The van der Waals surface area contributed by atoms with E-state index in [1.165, 1.54) is 4.88 Å². The van der Waals surface area contributed by atoms with Gasteiger partial charge in [-0.2, -0.15) is 0 Å². The predicted octanol–water partition coefficient (Wildman–Crippen LogP) is 4.04. The van der Waals surface area contributed by atoms with E-state index in [2.05, 4.69) is 36.4 Å². The maximum atomic E-state index is 13.1. The molecular weight excluding hydrogens is 412 g/mol. The predicted molar refractivity (Wildman–Crippen MR) is 123 cm³/mol. The Kier molecular flexibility index (Phi) is 5.83. The lowest BCUT2D eigenvalue weighted by atomic mass is 9.72. The van der Waals surface area contributed by atoms with Crippen LogP contribution in [0.2, 0.25) is 0 Å². The van der Waals surface area contributed by atoms with Gasteiger partial charge in [0, 0.05) is 10.6 Å². The number of fused-ring (bicyclic) bond motifs is 3. The van der Waals surface area contributed by atoms with Gasteiger partial charge in [0.2, 0.25) is 5.91 Å². The third-order valence-corrected chi connectivity index (χ3v) is 7.04. The molecule has 1 aliphatic rings. The monoisotopic (exact) mass is 440 g/mol. The van der Waals surface area contributed by atoms with Crippen LogP contribution in [0.5, 0.6) is 5.75 Å². The second-order valence-corrected chi connectivity index (χ2v) is 10.1. The minimum atomic E-state index is -0.322. The van der Waals surface area contributed by atoms with E-state index in [9.17, 15) is 9.59 Å². The number of hydrogen-bond donors (Lipinski definition) is 1. The van der Waals surface area contributed by atoms with Gasteiger partial charge in [0.25, 0.3) is 5.56 Å². The molecule has 0 fully saturated rings. The molecule has 164 valence electrons. The second-order valence-electron chi connectivity index (χ2n) is 9.05. The van der Waals surface area contributed by atoms with Gasteiger partial charge in [0.05, 0.1) is 12.0 Å². The van der Waals surface area contributed by atoms with Gasteiger partial charge in [0.15, 0.2) is 4.83 Å². The van der Waals surface area contributed by atoms with Crippen LogP contribution >= 0.6 is 11.3 Å². The van der Waals surface area contributed by atoms with E-state index in [-0.39, 0.29) is 23.4 Å². The van der Waals surface area contributed by atoms with E-state index in [1.54, 1.807) is 35.6 Å². The molecule has 1 aromatic carbocycles.